The molecule has 0 atom stereocenters. The number of Topliss-reactive ketones (excluding diaryl/α,β-unsaturated/α-hetero) is 1. The summed E-state index contributed by atoms with van der Waals surface area (Å²) in [7, 11) is 1.50. The van der Waals surface area contributed by atoms with Crippen molar-refractivity contribution in [1.29, 1.82) is 5.26 Å². The molecule has 0 spiro atoms. The number of aryl methyl sites for hydroxylation is 1. The first kappa shape index (κ1) is 20.9. The molecule has 146 valence electrons. The van der Waals surface area contributed by atoms with E-state index >= 15 is 0 Å². The average Bonchev–Trinajstić information content (AvgIpc) is 2.65. The number of nitriles is 1. The van der Waals surface area contributed by atoms with Crippen LogP contribution in [0.15, 0.2) is 23.0 Å². The molecule has 0 saturated carbocycles. The standard InChI is InChI=1S/C21H22N2O5/c1-12-17(13(2)23-21(26)18(12)10-22)6-8-20(25)28-11-16-9-15(14(3)24)5-7-19(16)27-4/h5,7,9H,6,8,11H2,1-4H3,(H,23,26). The summed E-state index contributed by atoms with van der Waals surface area (Å²) in [5, 5.41) is 9.12. The second-order valence-corrected chi connectivity index (χ2v) is 6.41. The minimum Gasteiger partial charge on any atom is -0.496 e. The summed E-state index contributed by atoms with van der Waals surface area (Å²) in [6, 6.07) is 6.85. The molecule has 0 unspecified atom stereocenters. The van der Waals surface area contributed by atoms with E-state index in [1.807, 2.05) is 6.07 Å². The van der Waals surface area contributed by atoms with Crippen LogP contribution in [-0.2, 0) is 22.6 Å². The number of rotatable bonds is 7. The molecule has 28 heavy (non-hydrogen) atoms. The number of aromatic nitrogens is 1. The van der Waals surface area contributed by atoms with Gasteiger partial charge in [-0.1, -0.05) is 0 Å². The van der Waals surface area contributed by atoms with E-state index in [-0.39, 0.29) is 24.4 Å². The van der Waals surface area contributed by atoms with Gasteiger partial charge in [0.25, 0.3) is 5.56 Å². The van der Waals surface area contributed by atoms with Gasteiger partial charge in [-0.3, -0.25) is 14.4 Å². The first-order valence-electron chi connectivity index (χ1n) is 8.74. The maximum Gasteiger partial charge on any atom is 0.306 e. The van der Waals surface area contributed by atoms with Gasteiger partial charge in [0.05, 0.1) is 7.11 Å². The molecular weight excluding hydrogens is 360 g/mol. The highest BCUT2D eigenvalue weighted by Crippen LogP contribution is 2.22. The first-order valence-corrected chi connectivity index (χ1v) is 8.74. The van der Waals surface area contributed by atoms with Gasteiger partial charge in [-0.2, -0.15) is 5.26 Å². The van der Waals surface area contributed by atoms with Crippen LogP contribution in [-0.4, -0.2) is 23.8 Å². The Kier molecular flexibility index (Phi) is 6.72. The average molecular weight is 382 g/mol. The summed E-state index contributed by atoms with van der Waals surface area (Å²) >= 11 is 0. The van der Waals surface area contributed by atoms with Gasteiger partial charge < -0.3 is 14.5 Å². The molecule has 1 aromatic carbocycles. The van der Waals surface area contributed by atoms with Crippen molar-refractivity contribution in [2.24, 2.45) is 0 Å². The van der Waals surface area contributed by atoms with Crippen molar-refractivity contribution in [3.05, 3.63) is 62.1 Å². The number of hydrogen-bond donors (Lipinski definition) is 1. The monoisotopic (exact) mass is 382 g/mol. The molecule has 1 N–H and O–H groups in total. The Morgan fingerprint density at radius 2 is 1.96 bits per heavy atom. The van der Waals surface area contributed by atoms with Gasteiger partial charge in [0, 0.05) is 23.2 Å². The van der Waals surface area contributed by atoms with Gasteiger partial charge in [0.15, 0.2) is 5.78 Å². The van der Waals surface area contributed by atoms with Crippen molar-refractivity contribution < 1.29 is 19.1 Å². The number of ether oxygens (including phenoxy) is 2. The van der Waals surface area contributed by atoms with Crippen LogP contribution in [0.1, 0.15) is 51.7 Å². The molecule has 1 heterocycles. The smallest absolute Gasteiger partial charge is 0.306 e. The topological polar surface area (TPSA) is 109 Å². The fraction of sp³-hybridized carbons (Fsp3) is 0.333. The predicted molar refractivity (Wildman–Crippen MR) is 102 cm³/mol. The van der Waals surface area contributed by atoms with E-state index in [1.165, 1.54) is 14.0 Å². The highest BCUT2D eigenvalue weighted by molar-refractivity contribution is 5.94. The third-order valence-electron chi connectivity index (χ3n) is 4.57. The van der Waals surface area contributed by atoms with Crippen LogP contribution in [0.3, 0.4) is 0 Å². The number of esters is 1. The van der Waals surface area contributed by atoms with E-state index in [0.29, 0.717) is 34.6 Å². The van der Waals surface area contributed by atoms with Crippen molar-refractivity contribution in [1.82, 2.24) is 4.98 Å². The number of hydrogen-bond acceptors (Lipinski definition) is 6. The minimum atomic E-state index is -0.432. The lowest BCUT2D eigenvalue weighted by molar-refractivity contribution is -0.144. The van der Waals surface area contributed by atoms with Crippen molar-refractivity contribution in [2.45, 2.75) is 40.2 Å². The number of methoxy groups -OCH3 is 1. The van der Waals surface area contributed by atoms with Crippen molar-refractivity contribution in [3.8, 4) is 11.8 Å². The van der Waals surface area contributed by atoms with Gasteiger partial charge in [-0.05, 0) is 56.5 Å². The number of carbonyl (C=O) groups is 2. The molecule has 2 aromatic rings. The molecule has 0 amide bonds. The van der Waals surface area contributed by atoms with Crippen molar-refractivity contribution >= 4 is 11.8 Å². The van der Waals surface area contributed by atoms with E-state index in [1.54, 1.807) is 32.0 Å². The SMILES string of the molecule is COc1ccc(C(C)=O)cc1COC(=O)CCc1c(C)[nH]c(=O)c(C#N)c1C. The zero-order chi connectivity index (χ0) is 20.8. The quantitative estimate of drug-likeness (QED) is 0.582. The molecule has 0 aliphatic rings. The van der Waals surface area contributed by atoms with Crippen LogP contribution < -0.4 is 10.3 Å². The Labute approximate surface area is 162 Å². The Bertz CT molecular complexity index is 1010. The highest BCUT2D eigenvalue weighted by Gasteiger charge is 2.15. The molecule has 0 fully saturated rings. The van der Waals surface area contributed by atoms with Crippen molar-refractivity contribution in [3.63, 3.8) is 0 Å². The fourth-order valence-electron chi connectivity index (χ4n) is 2.99. The molecule has 7 nitrogen and oxygen atoms in total. The fourth-order valence-corrected chi connectivity index (χ4v) is 2.99. The summed E-state index contributed by atoms with van der Waals surface area (Å²) in [4.78, 5) is 38.1. The van der Waals surface area contributed by atoms with E-state index in [0.717, 1.165) is 5.56 Å². The molecule has 1 aromatic heterocycles. The van der Waals surface area contributed by atoms with Gasteiger partial charge in [0.1, 0.15) is 24.0 Å². The summed E-state index contributed by atoms with van der Waals surface area (Å²) < 4.78 is 10.6. The summed E-state index contributed by atoms with van der Waals surface area (Å²) in [6.07, 6.45) is 0.430. The van der Waals surface area contributed by atoms with Gasteiger partial charge in [0.2, 0.25) is 0 Å². The minimum absolute atomic E-state index is 0.0177. The maximum atomic E-state index is 12.2. The van der Waals surface area contributed by atoms with Crippen LogP contribution in [0.5, 0.6) is 5.75 Å². The van der Waals surface area contributed by atoms with Gasteiger partial charge >= 0.3 is 5.97 Å². The van der Waals surface area contributed by atoms with Gasteiger partial charge in [-0.15, -0.1) is 0 Å². The number of ketones is 1. The second kappa shape index (κ2) is 9.00. The third kappa shape index (κ3) is 4.65. The zero-order valence-corrected chi connectivity index (χ0v) is 16.3. The molecule has 2 rings (SSSR count). The largest absolute Gasteiger partial charge is 0.496 e. The Morgan fingerprint density at radius 3 is 2.57 bits per heavy atom. The summed E-state index contributed by atoms with van der Waals surface area (Å²) in [6.45, 7) is 4.87. The number of nitrogens with one attached hydrogen (secondary N) is 1. The number of H-pyrrole nitrogens is 1. The van der Waals surface area contributed by atoms with Crippen LogP contribution in [0, 0.1) is 25.2 Å². The number of nitrogens with zero attached hydrogens (tertiary/aromatic N) is 1. The Balaban J connectivity index is 2.07. The molecule has 0 radical (unpaired) electrons. The lowest BCUT2D eigenvalue weighted by Gasteiger charge is -2.12. The number of pyridine rings is 1. The maximum absolute atomic E-state index is 12.2. The van der Waals surface area contributed by atoms with Crippen molar-refractivity contribution in [2.75, 3.05) is 7.11 Å². The highest BCUT2D eigenvalue weighted by atomic mass is 16.5. The first-order chi connectivity index (χ1) is 13.3. The molecule has 0 aliphatic heterocycles. The lowest BCUT2D eigenvalue weighted by Crippen LogP contribution is -2.17. The van der Waals surface area contributed by atoms with Crippen LogP contribution in [0.25, 0.3) is 0 Å². The third-order valence-corrected chi connectivity index (χ3v) is 4.57. The van der Waals surface area contributed by atoms with Gasteiger partial charge in [-0.25, -0.2) is 0 Å². The number of benzene rings is 1. The predicted octanol–water partition coefficient (Wildman–Crippen LogP) is 2.75. The number of carbonyl (C=O) groups excluding carboxylic acids is 2. The van der Waals surface area contributed by atoms with Crippen LogP contribution >= 0.6 is 0 Å². The molecular formula is C21H22N2O5. The molecule has 7 heteroatoms. The van der Waals surface area contributed by atoms with Crippen LogP contribution in [0.2, 0.25) is 0 Å². The van der Waals surface area contributed by atoms with Crippen LogP contribution in [0.4, 0.5) is 0 Å². The molecule has 0 bridgehead atoms. The van der Waals surface area contributed by atoms with E-state index in [4.69, 9.17) is 14.7 Å². The summed E-state index contributed by atoms with van der Waals surface area (Å²) in [5.74, 6) is 0.00937. The molecule has 0 saturated heterocycles. The molecule has 0 aliphatic carbocycles. The zero-order valence-electron chi connectivity index (χ0n) is 16.3. The van der Waals surface area contributed by atoms with E-state index in [2.05, 4.69) is 4.98 Å². The van der Waals surface area contributed by atoms with E-state index in [9.17, 15) is 14.4 Å². The summed E-state index contributed by atoms with van der Waals surface area (Å²) in [5.41, 5.74) is 2.70. The number of aromatic amines is 1. The lowest BCUT2D eigenvalue weighted by atomic mass is 9.99. The normalized spacial score (nSPS) is 10.2. The Morgan fingerprint density at radius 1 is 1.25 bits per heavy atom. The van der Waals surface area contributed by atoms with E-state index < -0.39 is 11.5 Å². The Hall–Kier alpha value is -3.40. The second-order valence-electron chi connectivity index (χ2n) is 6.41.